The smallest absolute Gasteiger partial charge is 0.220 e. The van der Waals surface area contributed by atoms with E-state index in [9.17, 15) is 4.79 Å². The minimum atomic E-state index is 0. The first-order valence-electron chi connectivity index (χ1n) is 8.95. The molecule has 2 rings (SSSR count). The summed E-state index contributed by atoms with van der Waals surface area (Å²) in [5, 5.41) is 6.55. The van der Waals surface area contributed by atoms with Crippen LogP contribution < -0.4 is 10.6 Å². The molecule has 0 aromatic carbocycles. The fourth-order valence-electron chi connectivity index (χ4n) is 3.61. The molecule has 0 aromatic heterocycles. The van der Waals surface area contributed by atoms with Gasteiger partial charge in [-0.3, -0.25) is 4.79 Å². The van der Waals surface area contributed by atoms with Gasteiger partial charge in [0.2, 0.25) is 5.91 Å². The Hall–Kier alpha value is -0.0300. The number of nitrogens with zero attached hydrogens (tertiary/aromatic N) is 1. The molecule has 0 aliphatic carbocycles. The van der Waals surface area contributed by atoms with Crippen LogP contribution in [0.1, 0.15) is 51.9 Å². The van der Waals surface area contributed by atoms with Crippen molar-refractivity contribution in [1.82, 2.24) is 15.5 Å². The lowest BCUT2D eigenvalue weighted by molar-refractivity contribution is -0.122. The first kappa shape index (κ1) is 23.0. The molecule has 23 heavy (non-hydrogen) atoms. The van der Waals surface area contributed by atoms with Crippen molar-refractivity contribution in [3.8, 4) is 0 Å². The Balaban J connectivity index is 0.00000242. The van der Waals surface area contributed by atoms with Crippen LogP contribution in [0.5, 0.6) is 0 Å². The van der Waals surface area contributed by atoms with E-state index in [1.807, 2.05) is 0 Å². The zero-order chi connectivity index (χ0) is 14.9. The Morgan fingerprint density at radius 2 is 1.96 bits per heavy atom. The van der Waals surface area contributed by atoms with Gasteiger partial charge in [-0.25, -0.2) is 0 Å². The summed E-state index contributed by atoms with van der Waals surface area (Å²) in [6, 6.07) is 0. The summed E-state index contributed by atoms with van der Waals surface area (Å²) in [5.74, 6) is 1.42. The third kappa shape index (κ3) is 9.13. The second-order valence-corrected chi connectivity index (χ2v) is 6.89. The average molecular weight is 368 g/mol. The first-order chi connectivity index (χ1) is 10.3. The molecule has 6 heteroatoms. The number of amides is 1. The van der Waals surface area contributed by atoms with E-state index >= 15 is 0 Å². The lowest BCUT2D eigenvalue weighted by atomic mass is 9.85. The lowest BCUT2D eigenvalue weighted by Crippen LogP contribution is -2.36. The van der Waals surface area contributed by atoms with Gasteiger partial charge in [-0.15, -0.1) is 24.8 Å². The standard InChI is InChI=1S/C17H33N3O.2ClH/c1-15(16-7-5-8-18-14-16)13-17(21)19-9-6-12-20-10-3-2-4-11-20;;/h15-16,18H,2-14H2,1H3,(H,19,21);2*1H. The predicted molar refractivity (Wildman–Crippen MR) is 102 cm³/mol. The molecule has 0 saturated carbocycles. The summed E-state index contributed by atoms with van der Waals surface area (Å²) in [4.78, 5) is 14.5. The van der Waals surface area contributed by atoms with E-state index < -0.39 is 0 Å². The van der Waals surface area contributed by atoms with Crippen LogP contribution in [-0.4, -0.2) is 50.1 Å². The van der Waals surface area contributed by atoms with Crippen molar-refractivity contribution >= 4 is 30.7 Å². The topological polar surface area (TPSA) is 44.4 Å². The quantitative estimate of drug-likeness (QED) is 0.680. The van der Waals surface area contributed by atoms with Gasteiger partial charge in [-0.2, -0.15) is 0 Å². The molecule has 0 spiro atoms. The number of nitrogens with one attached hydrogen (secondary N) is 2. The lowest BCUT2D eigenvalue weighted by Gasteiger charge is -2.28. The van der Waals surface area contributed by atoms with Crippen LogP contribution in [0.15, 0.2) is 0 Å². The number of rotatable bonds is 7. The van der Waals surface area contributed by atoms with Crippen LogP contribution in [0.3, 0.4) is 0 Å². The largest absolute Gasteiger partial charge is 0.356 e. The van der Waals surface area contributed by atoms with Gasteiger partial charge in [-0.1, -0.05) is 13.3 Å². The first-order valence-corrected chi connectivity index (χ1v) is 8.95. The van der Waals surface area contributed by atoms with Gasteiger partial charge in [0.25, 0.3) is 0 Å². The molecule has 2 unspecified atom stereocenters. The van der Waals surface area contributed by atoms with E-state index in [0.717, 1.165) is 32.6 Å². The molecule has 1 amide bonds. The molecule has 2 saturated heterocycles. The van der Waals surface area contributed by atoms with E-state index in [2.05, 4.69) is 22.5 Å². The van der Waals surface area contributed by atoms with Gasteiger partial charge in [0, 0.05) is 13.0 Å². The summed E-state index contributed by atoms with van der Waals surface area (Å²) in [6.45, 7) is 8.94. The van der Waals surface area contributed by atoms with Crippen molar-refractivity contribution in [3.05, 3.63) is 0 Å². The highest BCUT2D eigenvalue weighted by molar-refractivity contribution is 5.85. The number of hydrogen-bond acceptors (Lipinski definition) is 3. The summed E-state index contributed by atoms with van der Waals surface area (Å²) in [6.07, 6.45) is 8.39. The van der Waals surface area contributed by atoms with Crippen molar-refractivity contribution in [2.45, 2.75) is 51.9 Å². The molecule has 2 heterocycles. The Bertz CT molecular complexity index is 306. The number of likely N-dealkylation sites (tertiary alicyclic amines) is 1. The molecule has 0 bridgehead atoms. The molecule has 2 N–H and O–H groups in total. The number of hydrogen-bond donors (Lipinski definition) is 2. The number of carbonyl (C=O) groups is 1. The van der Waals surface area contributed by atoms with Gasteiger partial charge in [0.1, 0.15) is 0 Å². The molecule has 4 nitrogen and oxygen atoms in total. The number of carbonyl (C=O) groups excluding carboxylic acids is 1. The van der Waals surface area contributed by atoms with Gasteiger partial charge in [-0.05, 0) is 76.7 Å². The highest BCUT2D eigenvalue weighted by Gasteiger charge is 2.21. The minimum Gasteiger partial charge on any atom is -0.356 e. The zero-order valence-corrected chi connectivity index (χ0v) is 16.2. The van der Waals surface area contributed by atoms with E-state index in [-0.39, 0.29) is 30.7 Å². The average Bonchev–Trinajstić information content (AvgIpc) is 2.53. The Morgan fingerprint density at radius 3 is 2.61 bits per heavy atom. The Labute approximate surface area is 154 Å². The van der Waals surface area contributed by atoms with Crippen molar-refractivity contribution in [2.24, 2.45) is 11.8 Å². The fourth-order valence-corrected chi connectivity index (χ4v) is 3.61. The predicted octanol–water partition coefficient (Wildman–Crippen LogP) is 2.85. The normalized spacial score (nSPS) is 23.3. The van der Waals surface area contributed by atoms with Crippen LogP contribution in [-0.2, 0) is 4.79 Å². The summed E-state index contributed by atoms with van der Waals surface area (Å²) >= 11 is 0. The van der Waals surface area contributed by atoms with Crippen LogP contribution in [0.4, 0.5) is 0 Å². The van der Waals surface area contributed by atoms with E-state index in [4.69, 9.17) is 0 Å². The maximum Gasteiger partial charge on any atom is 0.220 e. The van der Waals surface area contributed by atoms with Crippen LogP contribution in [0.25, 0.3) is 0 Å². The summed E-state index contributed by atoms with van der Waals surface area (Å²) in [5.41, 5.74) is 0. The SMILES string of the molecule is CC(CC(=O)NCCCN1CCCCC1)C1CCCNC1.Cl.Cl. The van der Waals surface area contributed by atoms with E-state index in [1.165, 1.54) is 45.2 Å². The highest BCUT2D eigenvalue weighted by Crippen LogP contribution is 2.22. The highest BCUT2D eigenvalue weighted by atomic mass is 35.5. The monoisotopic (exact) mass is 367 g/mol. The van der Waals surface area contributed by atoms with Crippen molar-refractivity contribution in [3.63, 3.8) is 0 Å². The molecular formula is C17H35Cl2N3O. The molecule has 2 fully saturated rings. The van der Waals surface area contributed by atoms with Crippen molar-refractivity contribution < 1.29 is 4.79 Å². The van der Waals surface area contributed by atoms with E-state index in [1.54, 1.807) is 0 Å². The minimum absolute atomic E-state index is 0. The van der Waals surface area contributed by atoms with Crippen LogP contribution in [0.2, 0.25) is 0 Å². The van der Waals surface area contributed by atoms with E-state index in [0.29, 0.717) is 18.3 Å². The molecule has 2 aliphatic rings. The molecule has 2 atom stereocenters. The van der Waals surface area contributed by atoms with Crippen molar-refractivity contribution in [2.75, 3.05) is 39.3 Å². The Morgan fingerprint density at radius 1 is 1.22 bits per heavy atom. The Kier molecular flexibility index (Phi) is 13.3. The maximum atomic E-state index is 12.0. The second-order valence-electron chi connectivity index (χ2n) is 6.89. The third-order valence-electron chi connectivity index (χ3n) is 5.07. The molecule has 138 valence electrons. The van der Waals surface area contributed by atoms with Gasteiger partial charge in [0.15, 0.2) is 0 Å². The molecule has 2 aliphatic heterocycles. The second kappa shape index (κ2) is 13.3. The van der Waals surface area contributed by atoms with Gasteiger partial charge >= 0.3 is 0 Å². The van der Waals surface area contributed by atoms with Gasteiger partial charge < -0.3 is 15.5 Å². The third-order valence-corrected chi connectivity index (χ3v) is 5.07. The zero-order valence-electron chi connectivity index (χ0n) is 14.5. The number of piperidine rings is 2. The summed E-state index contributed by atoms with van der Waals surface area (Å²) < 4.78 is 0. The molecular weight excluding hydrogens is 333 g/mol. The van der Waals surface area contributed by atoms with Crippen LogP contribution in [0, 0.1) is 11.8 Å². The number of halogens is 2. The van der Waals surface area contributed by atoms with Gasteiger partial charge in [0.05, 0.1) is 0 Å². The maximum absolute atomic E-state index is 12.0. The van der Waals surface area contributed by atoms with Crippen molar-refractivity contribution in [1.29, 1.82) is 0 Å². The summed E-state index contributed by atoms with van der Waals surface area (Å²) in [7, 11) is 0. The molecule has 0 radical (unpaired) electrons. The van der Waals surface area contributed by atoms with Crippen LogP contribution >= 0.6 is 24.8 Å². The fraction of sp³-hybridized carbons (Fsp3) is 0.941. The molecule has 0 aromatic rings.